The fourth-order valence-corrected chi connectivity index (χ4v) is 2.69. The molecule has 2 heterocycles. The SMILES string of the molecule is O=C(COc1ccc(F)cc1)N1CCCN(C(=O)c2ccco2)CC1. The third-order valence-corrected chi connectivity index (χ3v) is 4.04. The van der Waals surface area contributed by atoms with E-state index in [1.807, 2.05) is 0 Å². The van der Waals surface area contributed by atoms with E-state index in [1.54, 1.807) is 21.9 Å². The van der Waals surface area contributed by atoms with Crippen molar-refractivity contribution in [3.8, 4) is 5.75 Å². The molecule has 0 atom stereocenters. The Bertz CT molecular complexity index is 715. The van der Waals surface area contributed by atoms with E-state index in [4.69, 9.17) is 9.15 Å². The molecule has 7 heteroatoms. The van der Waals surface area contributed by atoms with Gasteiger partial charge in [-0.05, 0) is 42.8 Å². The minimum absolute atomic E-state index is 0.113. The van der Waals surface area contributed by atoms with Crippen molar-refractivity contribution in [2.24, 2.45) is 0 Å². The number of nitrogens with zero attached hydrogens (tertiary/aromatic N) is 2. The van der Waals surface area contributed by atoms with Crippen molar-refractivity contribution >= 4 is 11.8 Å². The second kappa shape index (κ2) is 7.83. The van der Waals surface area contributed by atoms with Gasteiger partial charge < -0.3 is 19.0 Å². The van der Waals surface area contributed by atoms with E-state index in [0.29, 0.717) is 44.1 Å². The van der Waals surface area contributed by atoms with Gasteiger partial charge in [-0.15, -0.1) is 0 Å². The highest BCUT2D eigenvalue weighted by Gasteiger charge is 2.24. The standard InChI is InChI=1S/C18H19FN2O4/c19-14-4-6-15(7-5-14)25-13-17(22)20-8-2-9-21(11-10-20)18(23)16-3-1-12-24-16/h1,3-7,12H,2,8-11,13H2. The first-order valence-corrected chi connectivity index (χ1v) is 8.12. The fraction of sp³-hybridized carbons (Fsp3) is 0.333. The number of benzene rings is 1. The Morgan fingerprint density at radius 2 is 1.76 bits per heavy atom. The van der Waals surface area contributed by atoms with Crippen molar-refractivity contribution in [1.29, 1.82) is 0 Å². The summed E-state index contributed by atoms with van der Waals surface area (Å²) in [6.07, 6.45) is 2.16. The molecule has 0 unspecified atom stereocenters. The van der Waals surface area contributed by atoms with Gasteiger partial charge in [0, 0.05) is 26.2 Å². The lowest BCUT2D eigenvalue weighted by atomic mass is 10.3. The Balaban J connectivity index is 1.51. The van der Waals surface area contributed by atoms with Crippen LogP contribution in [0.2, 0.25) is 0 Å². The van der Waals surface area contributed by atoms with Crippen LogP contribution in [0, 0.1) is 5.82 Å². The quantitative estimate of drug-likeness (QED) is 0.851. The Labute approximate surface area is 144 Å². The Morgan fingerprint density at radius 1 is 1.04 bits per heavy atom. The Kier molecular flexibility index (Phi) is 5.33. The van der Waals surface area contributed by atoms with E-state index >= 15 is 0 Å². The predicted octanol–water partition coefficient (Wildman–Crippen LogP) is 2.17. The van der Waals surface area contributed by atoms with Crippen LogP contribution in [-0.4, -0.2) is 54.4 Å². The molecule has 2 amide bonds. The van der Waals surface area contributed by atoms with Crippen molar-refractivity contribution < 1.29 is 23.1 Å². The molecule has 1 aromatic carbocycles. The minimum Gasteiger partial charge on any atom is -0.484 e. The number of ether oxygens (including phenoxy) is 1. The van der Waals surface area contributed by atoms with Gasteiger partial charge in [0.2, 0.25) is 0 Å². The maximum absolute atomic E-state index is 12.9. The zero-order chi connectivity index (χ0) is 17.6. The average Bonchev–Trinajstić information content (AvgIpc) is 3.05. The van der Waals surface area contributed by atoms with Crippen molar-refractivity contribution in [2.75, 3.05) is 32.8 Å². The maximum Gasteiger partial charge on any atom is 0.289 e. The molecule has 25 heavy (non-hydrogen) atoms. The van der Waals surface area contributed by atoms with Gasteiger partial charge in [0.1, 0.15) is 11.6 Å². The van der Waals surface area contributed by atoms with Gasteiger partial charge >= 0.3 is 0 Å². The Hall–Kier alpha value is -2.83. The fourth-order valence-electron chi connectivity index (χ4n) is 2.69. The summed E-state index contributed by atoms with van der Waals surface area (Å²) in [4.78, 5) is 28.0. The minimum atomic E-state index is -0.354. The molecule has 0 bridgehead atoms. The van der Waals surface area contributed by atoms with Gasteiger partial charge in [-0.2, -0.15) is 0 Å². The number of hydrogen-bond donors (Lipinski definition) is 0. The number of carbonyl (C=O) groups is 2. The van der Waals surface area contributed by atoms with Gasteiger partial charge in [-0.25, -0.2) is 4.39 Å². The number of carbonyl (C=O) groups excluding carboxylic acids is 2. The number of hydrogen-bond acceptors (Lipinski definition) is 4. The molecule has 1 aliphatic rings. The molecular formula is C18H19FN2O4. The Morgan fingerprint density at radius 3 is 2.48 bits per heavy atom. The molecule has 1 fully saturated rings. The van der Waals surface area contributed by atoms with Crippen LogP contribution in [0.1, 0.15) is 17.0 Å². The predicted molar refractivity (Wildman–Crippen MR) is 87.7 cm³/mol. The van der Waals surface area contributed by atoms with Crippen LogP contribution in [0.3, 0.4) is 0 Å². The normalized spacial score (nSPS) is 14.9. The van der Waals surface area contributed by atoms with E-state index < -0.39 is 0 Å². The zero-order valence-electron chi connectivity index (χ0n) is 13.7. The molecule has 0 spiro atoms. The molecular weight excluding hydrogens is 327 g/mol. The van der Waals surface area contributed by atoms with E-state index in [-0.39, 0.29) is 24.2 Å². The molecule has 2 aromatic rings. The van der Waals surface area contributed by atoms with Crippen LogP contribution in [-0.2, 0) is 4.79 Å². The highest BCUT2D eigenvalue weighted by molar-refractivity contribution is 5.91. The zero-order valence-corrected chi connectivity index (χ0v) is 13.7. The topological polar surface area (TPSA) is 63.0 Å². The van der Waals surface area contributed by atoms with Gasteiger partial charge in [-0.3, -0.25) is 9.59 Å². The summed E-state index contributed by atoms with van der Waals surface area (Å²) in [7, 11) is 0. The van der Waals surface area contributed by atoms with Crippen molar-refractivity contribution in [2.45, 2.75) is 6.42 Å². The summed E-state index contributed by atoms with van der Waals surface area (Å²) < 4.78 is 23.4. The van der Waals surface area contributed by atoms with Crippen LogP contribution in [0.15, 0.2) is 47.1 Å². The maximum atomic E-state index is 12.9. The van der Waals surface area contributed by atoms with E-state index in [0.717, 1.165) is 0 Å². The summed E-state index contributed by atoms with van der Waals surface area (Å²) in [5.74, 6) is 0.0737. The van der Waals surface area contributed by atoms with Gasteiger partial charge in [0.15, 0.2) is 12.4 Å². The monoisotopic (exact) mass is 346 g/mol. The first-order valence-electron chi connectivity index (χ1n) is 8.12. The highest BCUT2D eigenvalue weighted by Crippen LogP contribution is 2.13. The molecule has 1 aromatic heterocycles. The largest absolute Gasteiger partial charge is 0.484 e. The van der Waals surface area contributed by atoms with Gasteiger partial charge in [-0.1, -0.05) is 0 Å². The second-order valence-corrected chi connectivity index (χ2v) is 5.75. The lowest BCUT2D eigenvalue weighted by Crippen LogP contribution is -2.39. The number of furan rings is 1. The van der Waals surface area contributed by atoms with Crippen molar-refractivity contribution in [3.63, 3.8) is 0 Å². The van der Waals surface area contributed by atoms with Crippen LogP contribution < -0.4 is 4.74 Å². The molecule has 1 aliphatic heterocycles. The molecule has 1 saturated heterocycles. The third kappa shape index (κ3) is 4.37. The smallest absolute Gasteiger partial charge is 0.289 e. The highest BCUT2D eigenvalue weighted by atomic mass is 19.1. The van der Waals surface area contributed by atoms with Crippen LogP contribution in [0.5, 0.6) is 5.75 Å². The van der Waals surface area contributed by atoms with E-state index in [2.05, 4.69) is 0 Å². The first kappa shape index (κ1) is 17.0. The van der Waals surface area contributed by atoms with Crippen molar-refractivity contribution in [3.05, 3.63) is 54.2 Å². The summed E-state index contributed by atoms with van der Waals surface area (Å²) in [5, 5.41) is 0. The molecule has 0 N–H and O–H groups in total. The van der Waals surface area contributed by atoms with Gasteiger partial charge in [0.05, 0.1) is 6.26 Å². The molecule has 0 radical (unpaired) electrons. The van der Waals surface area contributed by atoms with E-state index in [9.17, 15) is 14.0 Å². The summed E-state index contributed by atoms with van der Waals surface area (Å²) in [6, 6.07) is 8.83. The summed E-state index contributed by atoms with van der Waals surface area (Å²) in [5.41, 5.74) is 0. The second-order valence-electron chi connectivity index (χ2n) is 5.75. The lowest BCUT2D eigenvalue weighted by molar-refractivity contribution is -0.133. The van der Waals surface area contributed by atoms with Crippen LogP contribution in [0.4, 0.5) is 4.39 Å². The third-order valence-electron chi connectivity index (χ3n) is 4.04. The number of rotatable bonds is 4. The van der Waals surface area contributed by atoms with E-state index in [1.165, 1.54) is 30.5 Å². The molecule has 6 nitrogen and oxygen atoms in total. The molecule has 0 aliphatic carbocycles. The average molecular weight is 346 g/mol. The lowest BCUT2D eigenvalue weighted by Gasteiger charge is -2.21. The molecule has 3 rings (SSSR count). The van der Waals surface area contributed by atoms with Crippen LogP contribution >= 0.6 is 0 Å². The summed E-state index contributed by atoms with van der Waals surface area (Å²) >= 11 is 0. The molecule has 132 valence electrons. The number of halogens is 1. The summed E-state index contributed by atoms with van der Waals surface area (Å²) in [6.45, 7) is 1.91. The number of amides is 2. The first-order chi connectivity index (χ1) is 12.1. The van der Waals surface area contributed by atoms with Crippen LogP contribution in [0.25, 0.3) is 0 Å². The van der Waals surface area contributed by atoms with Crippen molar-refractivity contribution in [1.82, 2.24) is 9.80 Å². The molecule has 0 saturated carbocycles. The van der Waals surface area contributed by atoms with Gasteiger partial charge in [0.25, 0.3) is 11.8 Å².